The summed E-state index contributed by atoms with van der Waals surface area (Å²) in [5.41, 5.74) is 6.69. The quantitative estimate of drug-likeness (QED) is 0.446. The Labute approximate surface area is 196 Å². The number of esters is 1. The average Bonchev–Trinajstić information content (AvgIpc) is 3.35. The third-order valence-electron chi connectivity index (χ3n) is 6.44. The van der Waals surface area contributed by atoms with E-state index >= 15 is 0 Å². The molecule has 2 aliphatic heterocycles. The molecular formula is C27H22N4O3. The van der Waals surface area contributed by atoms with Gasteiger partial charge in [0.2, 0.25) is 5.95 Å². The van der Waals surface area contributed by atoms with Crippen LogP contribution in [0.5, 0.6) is 5.75 Å². The first kappa shape index (κ1) is 20.2. The van der Waals surface area contributed by atoms with Gasteiger partial charge in [0.05, 0.1) is 18.4 Å². The number of aryl methyl sites for hydroxylation is 1. The number of benzene rings is 3. The lowest BCUT2D eigenvalue weighted by Crippen LogP contribution is -2.32. The van der Waals surface area contributed by atoms with Gasteiger partial charge in [-0.25, -0.2) is 9.48 Å². The monoisotopic (exact) mass is 450 g/mol. The molecule has 0 radical (unpaired) electrons. The second kappa shape index (κ2) is 7.88. The van der Waals surface area contributed by atoms with E-state index in [1.165, 1.54) is 7.11 Å². The SMILES string of the molecule is COC(=O)c1ccc([C@H]2Oc3ccccc3C3=C2[C@H](c2ccccc2C)n2ncnc2N3)cc1. The van der Waals surface area contributed by atoms with Crippen molar-refractivity contribution in [3.63, 3.8) is 0 Å². The average molecular weight is 450 g/mol. The summed E-state index contributed by atoms with van der Waals surface area (Å²) in [5.74, 6) is 1.10. The number of methoxy groups -OCH3 is 1. The molecule has 7 nitrogen and oxygen atoms in total. The molecule has 2 atom stereocenters. The van der Waals surface area contributed by atoms with E-state index in [0.717, 1.165) is 39.3 Å². The van der Waals surface area contributed by atoms with Crippen molar-refractivity contribution in [1.29, 1.82) is 0 Å². The molecule has 0 spiro atoms. The van der Waals surface area contributed by atoms with Crippen molar-refractivity contribution in [1.82, 2.24) is 14.8 Å². The van der Waals surface area contributed by atoms with Crippen molar-refractivity contribution in [2.75, 3.05) is 12.4 Å². The molecule has 3 aromatic carbocycles. The molecule has 34 heavy (non-hydrogen) atoms. The first-order valence-electron chi connectivity index (χ1n) is 11.1. The highest BCUT2D eigenvalue weighted by Gasteiger charge is 2.41. The number of rotatable bonds is 3. The van der Waals surface area contributed by atoms with Crippen LogP contribution in [0.2, 0.25) is 0 Å². The summed E-state index contributed by atoms with van der Waals surface area (Å²) >= 11 is 0. The van der Waals surface area contributed by atoms with E-state index in [2.05, 4.69) is 40.5 Å². The molecule has 4 aromatic rings. The summed E-state index contributed by atoms with van der Waals surface area (Å²) in [6.45, 7) is 2.10. The molecule has 168 valence electrons. The molecule has 0 unspecified atom stereocenters. The number of para-hydroxylation sites is 1. The third-order valence-corrected chi connectivity index (χ3v) is 6.44. The van der Waals surface area contributed by atoms with Crippen LogP contribution in [0.15, 0.2) is 84.7 Å². The molecule has 3 heterocycles. The van der Waals surface area contributed by atoms with Crippen molar-refractivity contribution >= 4 is 17.6 Å². The van der Waals surface area contributed by atoms with Crippen LogP contribution in [0.25, 0.3) is 5.70 Å². The fourth-order valence-corrected chi connectivity index (χ4v) is 4.80. The zero-order valence-corrected chi connectivity index (χ0v) is 18.7. The Hall–Kier alpha value is -4.39. The Morgan fingerprint density at radius 1 is 1.03 bits per heavy atom. The minimum atomic E-state index is -0.397. The predicted molar refractivity (Wildman–Crippen MR) is 127 cm³/mol. The van der Waals surface area contributed by atoms with E-state index in [1.807, 2.05) is 47.1 Å². The molecule has 0 aliphatic carbocycles. The maximum atomic E-state index is 12.0. The zero-order valence-electron chi connectivity index (χ0n) is 18.7. The predicted octanol–water partition coefficient (Wildman–Crippen LogP) is 4.93. The van der Waals surface area contributed by atoms with Crippen molar-refractivity contribution in [2.45, 2.75) is 19.1 Å². The van der Waals surface area contributed by atoms with Crippen LogP contribution in [0.4, 0.5) is 5.95 Å². The number of nitrogens with one attached hydrogen (secondary N) is 1. The molecular weight excluding hydrogens is 428 g/mol. The number of nitrogens with zero attached hydrogens (tertiary/aromatic N) is 3. The van der Waals surface area contributed by atoms with Crippen LogP contribution >= 0.6 is 0 Å². The van der Waals surface area contributed by atoms with Gasteiger partial charge in [-0.2, -0.15) is 10.1 Å². The zero-order chi connectivity index (χ0) is 23.2. The van der Waals surface area contributed by atoms with E-state index in [4.69, 9.17) is 9.47 Å². The largest absolute Gasteiger partial charge is 0.480 e. The molecule has 0 saturated carbocycles. The number of hydrogen-bond acceptors (Lipinski definition) is 6. The Bertz CT molecular complexity index is 1440. The molecule has 2 aliphatic rings. The van der Waals surface area contributed by atoms with Gasteiger partial charge in [0.15, 0.2) is 0 Å². The van der Waals surface area contributed by atoms with Crippen LogP contribution in [-0.2, 0) is 4.74 Å². The molecule has 7 heteroatoms. The van der Waals surface area contributed by atoms with Crippen LogP contribution in [-0.4, -0.2) is 27.8 Å². The molecule has 0 fully saturated rings. The minimum absolute atomic E-state index is 0.214. The van der Waals surface area contributed by atoms with Gasteiger partial charge >= 0.3 is 5.97 Å². The van der Waals surface area contributed by atoms with Gasteiger partial charge in [0.25, 0.3) is 0 Å². The van der Waals surface area contributed by atoms with Gasteiger partial charge in [-0.05, 0) is 47.9 Å². The minimum Gasteiger partial charge on any atom is -0.480 e. The normalized spacial score (nSPS) is 18.2. The van der Waals surface area contributed by atoms with Gasteiger partial charge in [-0.3, -0.25) is 0 Å². The van der Waals surface area contributed by atoms with Gasteiger partial charge in [0.1, 0.15) is 24.2 Å². The van der Waals surface area contributed by atoms with E-state index in [0.29, 0.717) is 11.5 Å². The van der Waals surface area contributed by atoms with E-state index in [1.54, 1.807) is 18.5 Å². The maximum Gasteiger partial charge on any atom is 0.337 e. The molecule has 6 rings (SSSR count). The van der Waals surface area contributed by atoms with E-state index in [9.17, 15) is 4.79 Å². The molecule has 0 bridgehead atoms. The summed E-state index contributed by atoms with van der Waals surface area (Å²) in [5, 5.41) is 8.08. The lowest BCUT2D eigenvalue weighted by atomic mass is 9.83. The summed E-state index contributed by atoms with van der Waals surface area (Å²) in [7, 11) is 1.38. The summed E-state index contributed by atoms with van der Waals surface area (Å²) in [4.78, 5) is 16.5. The van der Waals surface area contributed by atoms with Crippen LogP contribution in [0.3, 0.4) is 0 Å². The molecule has 0 saturated heterocycles. The standard InChI is InChI=1S/C27H22N4O3/c1-16-7-3-4-8-19(16)24-22-23(30-27-28-15-29-31(24)27)20-9-5-6-10-21(20)34-25(22)17-11-13-18(14-12-17)26(32)33-2/h3-15,24-25H,1-2H3,(H,28,29,30)/t24-,25+/m0/s1. The first-order chi connectivity index (χ1) is 16.7. The topological polar surface area (TPSA) is 78.3 Å². The number of carbonyl (C=O) groups excluding carboxylic acids is 1. The summed E-state index contributed by atoms with van der Waals surface area (Å²) < 4.78 is 13.4. The van der Waals surface area contributed by atoms with E-state index < -0.39 is 6.10 Å². The molecule has 1 aromatic heterocycles. The number of fused-ring (bicyclic) bond motifs is 3. The lowest BCUT2D eigenvalue weighted by Gasteiger charge is -2.39. The van der Waals surface area contributed by atoms with Gasteiger partial charge in [-0.15, -0.1) is 0 Å². The molecule has 0 amide bonds. The van der Waals surface area contributed by atoms with Gasteiger partial charge < -0.3 is 14.8 Å². The molecule has 1 N–H and O–H groups in total. The number of anilines is 1. The Morgan fingerprint density at radius 3 is 2.59 bits per heavy atom. The Kier molecular flexibility index (Phi) is 4.69. The fourth-order valence-electron chi connectivity index (χ4n) is 4.80. The summed E-state index contributed by atoms with van der Waals surface area (Å²) in [6.07, 6.45) is 1.17. The highest BCUT2D eigenvalue weighted by Crippen LogP contribution is 2.50. The summed E-state index contributed by atoms with van der Waals surface area (Å²) in [6, 6.07) is 23.5. The maximum absolute atomic E-state index is 12.0. The Balaban J connectivity index is 1.58. The second-order valence-corrected chi connectivity index (χ2v) is 8.35. The van der Waals surface area contributed by atoms with Crippen LogP contribution in [0.1, 0.15) is 44.8 Å². The van der Waals surface area contributed by atoms with Crippen LogP contribution in [0, 0.1) is 6.92 Å². The van der Waals surface area contributed by atoms with Crippen LogP contribution < -0.4 is 10.1 Å². The van der Waals surface area contributed by atoms with Gasteiger partial charge in [-0.1, -0.05) is 48.5 Å². The van der Waals surface area contributed by atoms with Crippen molar-refractivity contribution in [3.05, 3.63) is 113 Å². The van der Waals surface area contributed by atoms with Gasteiger partial charge in [0, 0.05) is 11.1 Å². The Morgan fingerprint density at radius 2 is 1.79 bits per heavy atom. The lowest BCUT2D eigenvalue weighted by molar-refractivity contribution is 0.0600. The highest BCUT2D eigenvalue weighted by molar-refractivity contribution is 5.89. The fraction of sp³-hybridized carbons (Fsp3) is 0.148. The number of carbonyl (C=O) groups is 1. The van der Waals surface area contributed by atoms with E-state index in [-0.39, 0.29) is 12.0 Å². The number of ether oxygens (including phenoxy) is 2. The van der Waals surface area contributed by atoms with Crippen molar-refractivity contribution in [2.24, 2.45) is 0 Å². The first-order valence-corrected chi connectivity index (χ1v) is 11.1. The second-order valence-electron chi connectivity index (χ2n) is 8.35. The van der Waals surface area contributed by atoms with Crippen molar-refractivity contribution in [3.8, 4) is 5.75 Å². The smallest absolute Gasteiger partial charge is 0.337 e. The third kappa shape index (κ3) is 3.08. The highest BCUT2D eigenvalue weighted by atomic mass is 16.5. The van der Waals surface area contributed by atoms with Crippen molar-refractivity contribution < 1.29 is 14.3 Å². The number of hydrogen-bond donors (Lipinski definition) is 1. The number of aromatic nitrogens is 3.